The Morgan fingerprint density at radius 2 is 2.00 bits per heavy atom. The number of rotatable bonds is 1. The molecule has 0 atom stereocenters. The predicted molar refractivity (Wildman–Crippen MR) is 70.1 cm³/mol. The molecule has 21 heavy (non-hydrogen) atoms. The largest absolute Gasteiger partial charge is 0.417 e. The van der Waals surface area contributed by atoms with Gasteiger partial charge in [0.25, 0.3) is 0 Å². The Morgan fingerprint density at radius 3 is 2.67 bits per heavy atom. The summed E-state index contributed by atoms with van der Waals surface area (Å²) in [7, 11) is 0. The molecule has 0 saturated heterocycles. The molecule has 0 N–H and O–H groups in total. The number of halogens is 4. The molecule has 3 rings (SSSR count). The third-order valence-electron chi connectivity index (χ3n) is 3.39. The van der Waals surface area contributed by atoms with Crippen LogP contribution in [0, 0.1) is 6.92 Å². The first-order valence-corrected chi connectivity index (χ1v) is 6.60. The van der Waals surface area contributed by atoms with Gasteiger partial charge in [0.15, 0.2) is 5.82 Å². The van der Waals surface area contributed by atoms with Crippen molar-refractivity contribution in [1.29, 1.82) is 0 Å². The Morgan fingerprint density at radius 1 is 1.24 bits per heavy atom. The fourth-order valence-electron chi connectivity index (χ4n) is 2.30. The molecule has 0 fully saturated rings. The first kappa shape index (κ1) is 14.1. The van der Waals surface area contributed by atoms with Crippen molar-refractivity contribution in [3.05, 3.63) is 34.5 Å². The molecule has 1 aliphatic rings. The van der Waals surface area contributed by atoms with Gasteiger partial charge in [-0.1, -0.05) is 11.6 Å². The van der Waals surface area contributed by atoms with Crippen molar-refractivity contribution >= 4 is 17.4 Å². The van der Waals surface area contributed by atoms with Crippen molar-refractivity contribution in [3.8, 4) is 0 Å². The van der Waals surface area contributed by atoms with Crippen LogP contribution in [-0.2, 0) is 19.3 Å². The van der Waals surface area contributed by atoms with Crippen molar-refractivity contribution in [1.82, 2.24) is 19.7 Å². The lowest BCUT2D eigenvalue weighted by molar-refractivity contribution is -0.137. The van der Waals surface area contributed by atoms with Gasteiger partial charge >= 0.3 is 6.18 Å². The van der Waals surface area contributed by atoms with E-state index in [0.29, 0.717) is 25.5 Å². The van der Waals surface area contributed by atoms with Gasteiger partial charge < -0.3 is 9.47 Å². The van der Waals surface area contributed by atoms with Gasteiger partial charge in [-0.05, 0) is 13.0 Å². The van der Waals surface area contributed by atoms with Crippen molar-refractivity contribution < 1.29 is 13.2 Å². The number of hydrogen-bond donors (Lipinski definition) is 0. The molecule has 0 radical (unpaired) electrons. The summed E-state index contributed by atoms with van der Waals surface area (Å²) in [5, 5.41) is 8.00. The van der Waals surface area contributed by atoms with Gasteiger partial charge in [-0.15, -0.1) is 10.2 Å². The lowest BCUT2D eigenvalue weighted by Crippen LogP contribution is -2.35. The number of anilines is 1. The van der Waals surface area contributed by atoms with E-state index < -0.39 is 11.7 Å². The van der Waals surface area contributed by atoms with Crippen molar-refractivity contribution in [3.63, 3.8) is 0 Å². The molecule has 0 unspecified atom stereocenters. The Labute approximate surface area is 123 Å². The fourth-order valence-corrected chi connectivity index (χ4v) is 2.59. The van der Waals surface area contributed by atoms with Gasteiger partial charge in [0.2, 0.25) is 0 Å². The molecule has 9 heteroatoms. The van der Waals surface area contributed by atoms with E-state index in [1.54, 1.807) is 4.90 Å². The van der Waals surface area contributed by atoms with Crippen LogP contribution in [0.25, 0.3) is 0 Å². The van der Waals surface area contributed by atoms with Crippen LogP contribution in [0.1, 0.15) is 17.2 Å². The molecule has 0 saturated carbocycles. The Kier molecular flexibility index (Phi) is 3.27. The molecular weight excluding hydrogens is 307 g/mol. The van der Waals surface area contributed by atoms with E-state index in [1.807, 2.05) is 11.5 Å². The van der Waals surface area contributed by atoms with Crippen molar-refractivity contribution in [2.75, 3.05) is 11.4 Å². The second-order valence-corrected chi connectivity index (χ2v) is 5.17. The zero-order chi connectivity index (χ0) is 15.2. The quantitative estimate of drug-likeness (QED) is 0.811. The predicted octanol–water partition coefficient (Wildman–Crippen LogP) is 2.67. The standard InChI is InChI=1S/C12H11ClF3N5/c1-7-18-19-10-6-20(2-3-21(7)10)11-9(13)4-8(5-17-11)12(14,15)16/h4-5H,2-3,6H2,1H3. The van der Waals surface area contributed by atoms with Crippen LogP contribution in [-0.4, -0.2) is 26.3 Å². The van der Waals surface area contributed by atoms with Gasteiger partial charge in [-0.2, -0.15) is 13.2 Å². The highest BCUT2D eigenvalue weighted by Gasteiger charge is 2.32. The third kappa shape index (κ3) is 2.55. The topological polar surface area (TPSA) is 46.8 Å². The van der Waals surface area contributed by atoms with Crippen LogP contribution in [0.15, 0.2) is 12.3 Å². The highest BCUT2D eigenvalue weighted by atomic mass is 35.5. The maximum Gasteiger partial charge on any atom is 0.417 e. The molecule has 3 heterocycles. The van der Waals surface area contributed by atoms with Gasteiger partial charge in [0, 0.05) is 19.3 Å². The van der Waals surface area contributed by atoms with Crippen LogP contribution in [0.3, 0.4) is 0 Å². The normalized spacial score (nSPS) is 15.2. The molecule has 0 spiro atoms. The third-order valence-corrected chi connectivity index (χ3v) is 3.66. The van der Waals surface area contributed by atoms with Crippen LogP contribution in [0.5, 0.6) is 0 Å². The van der Waals surface area contributed by atoms with Gasteiger partial charge in [0.1, 0.15) is 11.6 Å². The van der Waals surface area contributed by atoms with E-state index in [-0.39, 0.29) is 5.02 Å². The zero-order valence-corrected chi connectivity index (χ0v) is 11.8. The molecule has 0 aliphatic carbocycles. The Bertz CT molecular complexity index is 682. The Hall–Kier alpha value is -1.83. The lowest BCUT2D eigenvalue weighted by atomic mass is 10.2. The van der Waals surface area contributed by atoms with Gasteiger partial charge in [-0.3, -0.25) is 0 Å². The Balaban J connectivity index is 1.89. The molecule has 0 bridgehead atoms. The molecular formula is C12H11ClF3N5. The number of nitrogens with zero attached hydrogens (tertiary/aromatic N) is 5. The summed E-state index contributed by atoms with van der Waals surface area (Å²) >= 11 is 5.95. The smallest absolute Gasteiger partial charge is 0.346 e. The van der Waals surface area contributed by atoms with E-state index in [4.69, 9.17) is 11.6 Å². The monoisotopic (exact) mass is 317 g/mol. The average Bonchev–Trinajstić information content (AvgIpc) is 2.79. The minimum atomic E-state index is -4.45. The van der Waals surface area contributed by atoms with Crippen LogP contribution < -0.4 is 4.90 Å². The summed E-state index contributed by atoms with van der Waals surface area (Å²) in [5.74, 6) is 1.89. The highest BCUT2D eigenvalue weighted by molar-refractivity contribution is 6.33. The van der Waals surface area contributed by atoms with Crippen molar-refractivity contribution in [2.45, 2.75) is 26.2 Å². The summed E-state index contributed by atoms with van der Waals surface area (Å²) in [4.78, 5) is 5.66. The molecule has 0 aromatic carbocycles. The minimum Gasteiger partial charge on any atom is -0.346 e. The van der Waals surface area contributed by atoms with Gasteiger partial charge in [-0.25, -0.2) is 4.98 Å². The number of aromatic nitrogens is 4. The second kappa shape index (κ2) is 4.87. The van der Waals surface area contributed by atoms with Crippen LogP contribution in [0.2, 0.25) is 5.02 Å². The first-order valence-electron chi connectivity index (χ1n) is 6.22. The number of pyridine rings is 1. The minimum absolute atomic E-state index is 0.0190. The van der Waals surface area contributed by atoms with Crippen molar-refractivity contribution in [2.24, 2.45) is 0 Å². The molecule has 5 nitrogen and oxygen atoms in total. The van der Waals surface area contributed by atoms with E-state index in [9.17, 15) is 13.2 Å². The molecule has 2 aromatic rings. The number of hydrogen-bond acceptors (Lipinski definition) is 4. The number of aryl methyl sites for hydroxylation is 1. The maximum atomic E-state index is 12.6. The van der Waals surface area contributed by atoms with E-state index in [2.05, 4.69) is 15.2 Å². The van der Waals surface area contributed by atoms with E-state index in [0.717, 1.165) is 23.9 Å². The SMILES string of the molecule is Cc1nnc2n1CCN(c1ncc(C(F)(F)F)cc1Cl)C2. The summed E-state index contributed by atoms with van der Waals surface area (Å²) in [6, 6.07) is 0.897. The fraction of sp³-hybridized carbons (Fsp3) is 0.417. The second-order valence-electron chi connectivity index (χ2n) is 4.76. The van der Waals surface area contributed by atoms with E-state index >= 15 is 0 Å². The summed E-state index contributed by atoms with van der Waals surface area (Å²) in [5.41, 5.74) is -0.854. The molecule has 2 aromatic heterocycles. The van der Waals surface area contributed by atoms with Crippen LogP contribution in [0.4, 0.5) is 19.0 Å². The first-order chi connectivity index (χ1) is 9.86. The zero-order valence-electron chi connectivity index (χ0n) is 11.0. The summed E-state index contributed by atoms with van der Waals surface area (Å²) in [6.07, 6.45) is -3.65. The van der Waals surface area contributed by atoms with Crippen LogP contribution >= 0.6 is 11.6 Å². The number of fused-ring (bicyclic) bond motifs is 1. The van der Waals surface area contributed by atoms with Gasteiger partial charge in [0.05, 0.1) is 17.1 Å². The summed E-state index contributed by atoms with van der Waals surface area (Å²) in [6.45, 7) is 3.51. The average molecular weight is 318 g/mol. The lowest BCUT2D eigenvalue weighted by Gasteiger charge is -2.29. The summed E-state index contributed by atoms with van der Waals surface area (Å²) < 4.78 is 39.8. The molecule has 0 amide bonds. The highest BCUT2D eigenvalue weighted by Crippen LogP contribution is 2.34. The van der Waals surface area contributed by atoms with E-state index in [1.165, 1.54) is 0 Å². The number of alkyl halides is 3. The maximum absolute atomic E-state index is 12.6. The molecule has 1 aliphatic heterocycles. The molecule has 112 valence electrons.